The molecule has 0 aromatic carbocycles. The molecule has 1 aliphatic heterocycles. The zero-order valence-electron chi connectivity index (χ0n) is 8.99. The predicted octanol–water partition coefficient (Wildman–Crippen LogP) is 1.01. The fourth-order valence-electron chi connectivity index (χ4n) is 1.76. The van der Waals surface area contributed by atoms with Crippen LogP contribution in [-0.4, -0.2) is 43.9 Å². The number of carbonyl (C=O) groups is 1. The van der Waals surface area contributed by atoms with Crippen molar-refractivity contribution in [3.63, 3.8) is 0 Å². The second-order valence-corrected chi connectivity index (χ2v) is 3.44. The van der Waals surface area contributed by atoms with Gasteiger partial charge >= 0.3 is 5.97 Å². The first-order chi connectivity index (χ1) is 6.79. The zero-order valence-corrected chi connectivity index (χ0v) is 8.99. The average Bonchev–Trinajstić information content (AvgIpc) is 2.21. The maximum Gasteiger partial charge on any atom is 0.350 e. The smallest absolute Gasteiger partial charge is 0.350 e. The van der Waals surface area contributed by atoms with Gasteiger partial charge in [-0.15, -0.1) is 0 Å². The third-order valence-electron chi connectivity index (χ3n) is 2.43. The van der Waals surface area contributed by atoms with E-state index in [2.05, 4.69) is 0 Å². The largest absolute Gasteiger partial charge is 0.463 e. The van der Waals surface area contributed by atoms with Crippen molar-refractivity contribution >= 4 is 5.97 Å². The van der Waals surface area contributed by atoms with Crippen molar-refractivity contribution in [3.05, 3.63) is 0 Å². The molecule has 0 radical (unpaired) electrons. The van der Waals surface area contributed by atoms with Crippen molar-refractivity contribution in [2.45, 2.75) is 32.4 Å². The highest BCUT2D eigenvalue weighted by Gasteiger charge is 2.27. The summed E-state index contributed by atoms with van der Waals surface area (Å²) in [7, 11) is 1.55. The molecule has 0 aliphatic carbocycles. The topological polar surface area (TPSA) is 38.8 Å². The molecule has 0 bridgehead atoms. The Kier molecular flexibility index (Phi) is 4.90. The fraction of sp³-hybridized carbons (Fsp3) is 0.900. The lowest BCUT2D eigenvalue weighted by molar-refractivity contribution is -0.168. The molecule has 0 amide bonds. The van der Waals surface area contributed by atoms with Gasteiger partial charge in [-0.2, -0.15) is 0 Å². The number of esters is 1. The van der Waals surface area contributed by atoms with Crippen molar-refractivity contribution in [2.24, 2.45) is 0 Å². The van der Waals surface area contributed by atoms with E-state index in [4.69, 9.17) is 9.47 Å². The van der Waals surface area contributed by atoms with Crippen LogP contribution in [-0.2, 0) is 14.3 Å². The summed E-state index contributed by atoms with van der Waals surface area (Å²) in [5, 5.41) is 0. The summed E-state index contributed by atoms with van der Waals surface area (Å²) in [6, 6.07) is 0. The number of ether oxygens (including phenoxy) is 2. The molecule has 0 aromatic rings. The number of methoxy groups -OCH3 is 1. The Morgan fingerprint density at radius 2 is 2.00 bits per heavy atom. The third-order valence-corrected chi connectivity index (χ3v) is 2.43. The van der Waals surface area contributed by atoms with E-state index in [-0.39, 0.29) is 5.97 Å². The summed E-state index contributed by atoms with van der Waals surface area (Å²) < 4.78 is 10.1. The number of carbonyl (C=O) groups excluding carboxylic acids is 1. The molecule has 1 fully saturated rings. The number of hydrogen-bond acceptors (Lipinski definition) is 4. The Bertz CT molecular complexity index is 178. The summed E-state index contributed by atoms with van der Waals surface area (Å²) in [6.45, 7) is 4.07. The average molecular weight is 201 g/mol. The van der Waals surface area contributed by atoms with E-state index in [0.717, 1.165) is 25.9 Å². The van der Waals surface area contributed by atoms with Crippen LogP contribution < -0.4 is 0 Å². The fourth-order valence-corrected chi connectivity index (χ4v) is 1.76. The molecule has 0 saturated carbocycles. The normalized spacial score (nSPS) is 20.4. The number of piperidine rings is 1. The van der Waals surface area contributed by atoms with Crippen molar-refractivity contribution in [1.82, 2.24) is 4.90 Å². The molecule has 1 heterocycles. The maximum absolute atomic E-state index is 11.5. The molecule has 0 spiro atoms. The lowest BCUT2D eigenvalue weighted by atomic mass is 10.1. The van der Waals surface area contributed by atoms with Crippen LogP contribution in [0.2, 0.25) is 0 Å². The van der Waals surface area contributed by atoms with Gasteiger partial charge in [0.1, 0.15) is 0 Å². The summed E-state index contributed by atoms with van der Waals surface area (Å²) in [5.41, 5.74) is 0. The number of likely N-dealkylation sites (tertiary alicyclic amines) is 1. The molecule has 4 heteroatoms. The second kappa shape index (κ2) is 5.98. The Hall–Kier alpha value is -0.610. The summed E-state index contributed by atoms with van der Waals surface area (Å²) in [6.07, 6.45) is 3.02. The lowest BCUT2D eigenvalue weighted by Gasteiger charge is -2.31. The van der Waals surface area contributed by atoms with E-state index in [1.807, 2.05) is 4.90 Å². The van der Waals surface area contributed by atoms with Crippen LogP contribution in [0.5, 0.6) is 0 Å². The number of nitrogens with zero attached hydrogens (tertiary/aromatic N) is 1. The molecule has 1 saturated heterocycles. The predicted molar refractivity (Wildman–Crippen MR) is 52.9 cm³/mol. The summed E-state index contributed by atoms with van der Waals surface area (Å²) in [4.78, 5) is 13.5. The van der Waals surface area contributed by atoms with E-state index in [9.17, 15) is 4.79 Å². The lowest BCUT2D eigenvalue weighted by Crippen LogP contribution is -2.46. The van der Waals surface area contributed by atoms with Crippen LogP contribution in [0.25, 0.3) is 0 Å². The molecule has 4 nitrogen and oxygen atoms in total. The second-order valence-electron chi connectivity index (χ2n) is 3.44. The Labute approximate surface area is 85.2 Å². The molecular weight excluding hydrogens is 182 g/mol. The van der Waals surface area contributed by atoms with Gasteiger partial charge in [-0.3, -0.25) is 4.90 Å². The van der Waals surface area contributed by atoms with Crippen LogP contribution in [0.4, 0.5) is 0 Å². The first-order valence-corrected chi connectivity index (χ1v) is 5.23. The van der Waals surface area contributed by atoms with Gasteiger partial charge in [0, 0.05) is 20.2 Å². The standard InChI is InChI=1S/C10H19NO3/c1-3-14-10(12)9(13-2)11-7-5-4-6-8-11/h9H,3-8H2,1-2H3. The summed E-state index contributed by atoms with van der Waals surface area (Å²) >= 11 is 0. The van der Waals surface area contributed by atoms with E-state index >= 15 is 0 Å². The van der Waals surface area contributed by atoms with Crippen LogP contribution in [0.15, 0.2) is 0 Å². The summed E-state index contributed by atoms with van der Waals surface area (Å²) in [5.74, 6) is -0.267. The molecule has 1 rings (SSSR count). The molecule has 1 unspecified atom stereocenters. The monoisotopic (exact) mass is 201 g/mol. The molecule has 0 N–H and O–H groups in total. The van der Waals surface area contributed by atoms with Crippen molar-refractivity contribution in [3.8, 4) is 0 Å². The van der Waals surface area contributed by atoms with Crippen LogP contribution in [0.1, 0.15) is 26.2 Å². The van der Waals surface area contributed by atoms with Gasteiger partial charge < -0.3 is 9.47 Å². The Morgan fingerprint density at radius 1 is 1.36 bits per heavy atom. The maximum atomic E-state index is 11.5. The van der Waals surface area contributed by atoms with Gasteiger partial charge in [0.2, 0.25) is 6.23 Å². The number of hydrogen-bond donors (Lipinski definition) is 0. The molecule has 0 aromatic heterocycles. The quantitative estimate of drug-likeness (QED) is 0.636. The first-order valence-electron chi connectivity index (χ1n) is 5.23. The third kappa shape index (κ3) is 2.96. The van der Waals surface area contributed by atoms with E-state index in [1.165, 1.54) is 6.42 Å². The van der Waals surface area contributed by atoms with Gasteiger partial charge in [-0.05, 0) is 19.8 Å². The molecule has 1 aliphatic rings. The van der Waals surface area contributed by atoms with E-state index in [0.29, 0.717) is 6.61 Å². The highest BCUT2D eigenvalue weighted by molar-refractivity contribution is 5.74. The van der Waals surface area contributed by atoms with E-state index < -0.39 is 6.23 Å². The molecule has 14 heavy (non-hydrogen) atoms. The minimum atomic E-state index is -0.504. The van der Waals surface area contributed by atoms with Crippen molar-refractivity contribution in [1.29, 1.82) is 0 Å². The zero-order chi connectivity index (χ0) is 10.4. The molecule has 82 valence electrons. The van der Waals surface area contributed by atoms with Crippen molar-refractivity contribution < 1.29 is 14.3 Å². The first kappa shape index (κ1) is 11.5. The van der Waals surface area contributed by atoms with Gasteiger partial charge in [0.25, 0.3) is 0 Å². The number of rotatable bonds is 4. The Balaban J connectivity index is 2.46. The highest BCUT2D eigenvalue weighted by atomic mass is 16.6. The highest BCUT2D eigenvalue weighted by Crippen LogP contribution is 2.13. The van der Waals surface area contributed by atoms with Gasteiger partial charge in [-0.1, -0.05) is 6.42 Å². The van der Waals surface area contributed by atoms with Gasteiger partial charge in [-0.25, -0.2) is 4.79 Å². The molecule has 1 atom stereocenters. The van der Waals surface area contributed by atoms with Gasteiger partial charge in [0.05, 0.1) is 6.61 Å². The van der Waals surface area contributed by atoms with Gasteiger partial charge in [0.15, 0.2) is 0 Å². The Morgan fingerprint density at radius 3 is 2.50 bits per heavy atom. The minimum absolute atomic E-state index is 0.267. The van der Waals surface area contributed by atoms with Crippen LogP contribution >= 0.6 is 0 Å². The van der Waals surface area contributed by atoms with E-state index in [1.54, 1.807) is 14.0 Å². The van der Waals surface area contributed by atoms with Crippen molar-refractivity contribution in [2.75, 3.05) is 26.8 Å². The van der Waals surface area contributed by atoms with Crippen LogP contribution in [0, 0.1) is 0 Å². The SMILES string of the molecule is CCOC(=O)C(OC)N1CCCCC1. The minimum Gasteiger partial charge on any atom is -0.463 e. The molecular formula is C10H19NO3. The van der Waals surface area contributed by atoms with Crippen LogP contribution in [0.3, 0.4) is 0 Å².